The Bertz CT molecular complexity index is 264. The standard InChI is InChI=1S/C9H13ClO2Si/c1-11-13(12-2)7-8-5-3-4-6-9(8)10/h3-6,13H,7H2,1-2H3. The molecule has 0 amide bonds. The molecule has 0 atom stereocenters. The fourth-order valence-corrected chi connectivity index (χ4v) is 2.69. The number of benzene rings is 1. The van der Waals surface area contributed by atoms with Crippen molar-refractivity contribution in [3.63, 3.8) is 0 Å². The Balaban J connectivity index is 2.67. The van der Waals surface area contributed by atoms with Crippen molar-refractivity contribution in [1.29, 1.82) is 0 Å². The third-order valence-electron chi connectivity index (χ3n) is 1.87. The van der Waals surface area contributed by atoms with E-state index < -0.39 is 9.28 Å². The molecule has 1 aromatic rings. The van der Waals surface area contributed by atoms with E-state index in [1.807, 2.05) is 24.3 Å². The molecule has 1 rings (SSSR count). The predicted molar refractivity (Wildman–Crippen MR) is 56.3 cm³/mol. The lowest BCUT2D eigenvalue weighted by Crippen LogP contribution is -2.22. The maximum Gasteiger partial charge on any atom is 0.325 e. The van der Waals surface area contributed by atoms with Crippen LogP contribution >= 0.6 is 11.6 Å². The zero-order valence-corrected chi connectivity index (χ0v) is 9.70. The molecule has 0 heterocycles. The summed E-state index contributed by atoms with van der Waals surface area (Å²) in [6, 6.07) is 8.58. The van der Waals surface area contributed by atoms with E-state index in [-0.39, 0.29) is 0 Å². The molecular weight excluding hydrogens is 204 g/mol. The fourth-order valence-electron chi connectivity index (χ4n) is 1.11. The van der Waals surface area contributed by atoms with Crippen molar-refractivity contribution in [3.8, 4) is 0 Å². The lowest BCUT2D eigenvalue weighted by atomic mass is 10.2. The van der Waals surface area contributed by atoms with Crippen molar-refractivity contribution in [3.05, 3.63) is 34.9 Å². The minimum atomic E-state index is -1.53. The molecule has 0 aromatic heterocycles. The van der Waals surface area contributed by atoms with Crippen LogP contribution in [0.5, 0.6) is 0 Å². The summed E-state index contributed by atoms with van der Waals surface area (Å²) in [4.78, 5) is 0. The largest absolute Gasteiger partial charge is 0.400 e. The van der Waals surface area contributed by atoms with Gasteiger partial charge in [-0.1, -0.05) is 29.8 Å². The summed E-state index contributed by atoms with van der Waals surface area (Å²) in [5, 5.41) is 0.786. The zero-order valence-electron chi connectivity index (χ0n) is 7.79. The number of halogens is 1. The maximum atomic E-state index is 5.99. The molecule has 2 nitrogen and oxygen atoms in total. The molecule has 1 aromatic carbocycles. The third-order valence-corrected chi connectivity index (χ3v) is 4.06. The van der Waals surface area contributed by atoms with Crippen molar-refractivity contribution in [2.24, 2.45) is 0 Å². The predicted octanol–water partition coefficient (Wildman–Crippen LogP) is 1.93. The minimum Gasteiger partial charge on any atom is -0.400 e. The van der Waals surface area contributed by atoms with Gasteiger partial charge in [-0.25, -0.2) is 0 Å². The van der Waals surface area contributed by atoms with Crippen LogP contribution in [0.2, 0.25) is 5.02 Å². The molecule has 0 aliphatic rings. The van der Waals surface area contributed by atoms with Crippen molar-refractivity contribution in [2.75, 3.05) is 14.2 Å². The molecule has 0 unspecified atom stereocenters. The molecule has 0 aliphatic carbocycles. The van der Waals surface area contributed by atoms with Crippen molar-refractivity contribution >= 4 is 20.9 Å². The molecule has 0 spiro atoms. The van der Waals surface area contributed by atoms with Gasteiger partial charge in [-0.3, -0.25) is 0 Å². The highest BCUT2D eigenvalue weighted by atomic mass is 35.5. The van der Waals surface area contributed by atoms with Gasteiger partial charge in [0.1, 0.15) is 0 Å². The van der Waals surface area contributed by atoms with Crippen LogP contribution in [0.25, 0.3) is 0 Å². The van der Waals surface area contributed by atoms with Crippen molar-refractivity contribution in [2.45, 2.75) is 6.04 Å². The molecule has 13 heavy (non-hydrogen) atoms. The molecule has 0 aliphatic heterocycles. The Kier molecular flexibility index (Phi) is 4.45. The van der Waals surface area contributed by atoms with Crippen molar-refractivity contribution < 1.29 is 8.85 Å². The van der Waals surface area contributed by atoms with Gasteiger partial charge in [0.25, 0.3) is 0 Å². The molecule has 0 N–H and O–H groups in total. The number of hydrogen-bond donors (Lipinski definition) is 0. The van der Waals surface area contributed by atoms with Gasteiger partial charge in [0.05, 0.1) is 0 Å². The Labute approximate surface area is 85.3 Å². The first-order valence-electron chi connectivity index (χ1n) is 4.07. The van der Waals surface area contributed by atoms with E-state index in [0.717, 1.165) is 16.6 Å². The highest BCUT2D eigenvalue weighted by Crippen LogP contribution is 2.16. The summed E-state index contributed by atoms with van der Waals surface area (Å²) in [6.07, 6.45) is 0. The Morgan fingerprint density at radius 2 is 1.85 bits per heavy atom. The summed E-state index contributed by atoms with van der Waals surface area (Å²) in [7, 11) is 1.82. The van der Waals surface area contributed by atoms with Gasteiger partial charge in [0, 0.05) is 25.3 Å². The zero-order chi connectivity index (χ0) is 9.68. The quantitative estimate of drug-likeness (QED) is 0.717. The van der Waals surface area contributed by atoms with Crippen LogP contribution in [0.3, 0.4) is 0 Å². The van der Waals surface area contributed by atoms with E-state index in [9.17, 15) is 0 Å². The van der Waals surface area contributed by atoms with Gasteiger partial charge < -0.3 is 8.85 Å². The average molecular weight is 217 g/mol. The van der Waals surface area contributed by atoms with Gasteiger partial charge >= 0.3 is 9.28 Å². The topological polar surface area (TPSA) is 18.5 Å². The number of hydrogen-bond acceptors (Lipinski definition) is 2. The Hall–Kier alpha value is -0.353. The summed E-state index contributed by atoms with van der Waals surface area (Å²) in [5.74, 6) is 0. The van der Waals surface area contributed by atoms with Gasteiger partial charge in [-0.05, 0) is 11.6 Å². The summed E-state index contributed by atoms with van der Waals surface area (Å²) in [5.41, 5.74) is 1.10. The molecule has 0 saturated carbocycles. The normalized spacial score (nSPS) is 10.8. The van der Waals surface area contributed by atoms with Crippen LogP contribution in [0.15, 0.2) is 24.3 Å². The molecule has 0 fully saturated rings. The summed E-state index contributed by atoms with van der Waals surface area (Å²) >= 11 is 5.99. The summed E-state index contributed by atoms with van der Waals surface area (Å²) in [6.45, 7) is 0. The minimum absolute atomic E-state index is 0.786. The first kappa shape index (κ1) is 10.7. The van der Waals surface area contributed by atoms with Crippen LogP contribution in [-0.4, -0.2) is 23.5 Å². The Morgan fingerprint density at radius 1 is 1.23 bits per heavy atom. The lowest BCUT2D eigenvalue weighted by molar-refractivity contribution is 0.277. The van der Waals surface area contributed by atoms with E-state index in [2.05, 4.69) is 0 Å². The van der Waals surface area contributed by atoms with Crippen LogP contribution in [0, 0.1) is 0 Å². The van der Waals surface area contributed by atoms with Gasteiger partial charge in [0.15, 0.2) is 0 Å². The molecule has 0 saturated heterocycles. The van der Waals surface area contributed by atoms with E-state index in [4.69, 9.17) is 20.5 Å². The maximum absolute atomic E-state index is 5.99. The highest BCUT2D eigenvalue weighted by Gasteiger charge is 2.12. The highest BCUT2D eigenvalue weighted by molar-refractivity contribution is 6.44. The number of rotatable bonds is 4. The first-order valence-corrected chi connectivity index (χ1v) is 6.20. The van der Waals surface area contributed by atoms with Crippen LogP contribution in [0.1, 0.15) is 5.56 Å². The van der Waals surface area contributed by atoms with Crippen LogP contribution in [0.4, 0.5) is 0 Å². The lowest BCUT2D eigenvalue weighted by Gasteiger charge is -2.11. The molecule has 72 valence electrons. The van der Waals surface area contributed by atoms with E-state index in [1.165, 1.54) is 0 Å². The second kappa shape index (κ2) is 5.39. The SMILES string of the molecule is CO[SiH](Cc1ccccc1Cl)OC. The second-order valence-electron chi connectivity index (χ2n) is 2.70. The van der Waals surface area contributed by atoms with Crippen LogP contribution < -0.4 is 0 Å². The molecule has 0 bridgehead atoms. The van der Waals surface area contributed by atoms with E-state index in [1.54, 1.807) is 14.2 Å². The third kappa shape index (κ3) is 3.12. The van der Waals surface area contributed by atoms with Gasteiger partial charge in [-0.15, -0.1) is 0 Å². The van der Waals surface area contributed by atoms with Gasteiger partial charge in [0.2, 0.25) is 0 Å². The monoisotopic (exact) mass is 216 g/mol. The first-order chi connectivity index (χ1) is 6.27. The van der Waals surface area contributed by atoms with Crippen LogP contribution in [-0.2, 0) is 14.9 Å². The van der Waals surface area contributed by atoms with E-state index in [0.29, 0.717) is 0 Å². The van der Waals surface area contributed by atoms with E-state index >= 15 is 0 Å². The smallest absolute Gasteiger partial charge is 0.325 e. The average Bonchev–Trinajstić information content (AvgIpc) is 2.17. The Morgan fingerprint density at radius 3 is 2.38 bits per heavy atom. The summed E-state index contributed by atoms with van der Waals surface area (Å²) < 4.78 is 10.4. The second-order valence-corrected chi connectivity index (χ2v) is 5.31. The fraction of sp³-hybridized carbons (Fsp3) is 0.333. The molecule has 0 radical (unpaired) electrons. The van der Waals surface area contributed by atoms with Gasteiger partial charge in [-0.2, -0.15) is 0 Å². The molecule has 4 heteroatoms. The van der Waals surface area contributed by atoms with Crippen molar-refractivity contribution in [1.82, 2.24) is 0 Å². The molecular formula is C9H13ClO2Si.